The van der Waals surface area contributed by atoms with Crippen LogP contribution in [0.3, 0.4) is 0 Å². The highest BCUT2D eigenvalue weighted by molar-refractivity contribution is 5.96. The normalized spacial score (nSPS) is 11.9. The van der Waals surface area contributed by atoms with E-state index in [9.17, 15) is 18.4 Å². The molecule has 7 heteroatoms. The van der Waals surface area contributed by atoms with Gasteiger partial charge in [-0.05, 0) is 35.7 Å². The van der Waals surface area contributed by atoms with Gasteiger partial charge in [0.25, 0.3) is 5.91 Å². The number of hydrogen-bond acceptors (Lipinski definition) is 4. The lowest BCUT2D eigenvalue weighted by Crippen LogP contribution is -2.45. The zero-order chi connectivity index (χ0) is 19.8. The van der Waals surface area contributed by atoms with Crippen LogP contribution < -0.4 is 10.1 Å². The van der Waals surface area contributed by atoms with E-state index in [-0.39, 0.29) is 24.2 Å². The molecule has 27 heavy (non-hydrogen) atoms. The lowest BCUT2D eigenvalue weighted by atomic mass is 10.0. The number of carbonyl (C=O) groups excluding carboxylic acids is 2. The first-order valence-electron chi connectivity index (χ1n) is 8.43. The Bertz CT molecular complexity index is 748. The van der Waals surface area contributed by atoms with Crippen LogP contribution in [0.2, 0.25) is 0 Å². The smallest absolute Gasteiger partial charge is 0.387 e. The number of amides is 1. The first-order chi connectivity index (χ1) is 12.9. The Morgan fingerprint density at radius 2 is 1.63 bits per heavy atom. The lowest BCUT2D eigenvalue weighted by molar-refractivity contribution is -0.148. The van der Waals surface area contributed by atoms with E-state index in [0.717, 1.165) is 0 Å². The van der Waals surface area contributed by atoms with E-state index in [1.807, 2.05) is 0 Å². The Morgan fingerprint density at radius 3 is 2.19 bits per heavy atom. The minimum atomic E-state index is -2.89. The molecule has 2 aromatic rings. The number of rotatable bonds is 8. The van der Waals surface area contributed by atoms with Crippen molar-refractivity contribution in [2.45, 2.75) is 33.1 Å². The summed E-state index contributed by atoms with van der Waals surface area (Å²) in [7, 11) is 0. The molecular weight excluding hydrogens is 356 g/mol. The van der Waals surface area contributed by atoms with Gasteiger partial charge in [-0.3, -0.25) is 4.79 Å². The van der Waals surface area contributed by atoms with Crippen molar-refractivity contribution in [1.82, 2.24) is 5.32 Å². The Hall–Kier alpha value is -2.96. The summed E-state index contributed by atoms with van der Waals surface area (Å²) in [5.74, 6) is -1.08. The van der Waals surface area contributed by atoms with Gasteiger partial charge >= 0.3 is 12.6 Å². The number of ether oxygens (including phenoxy) is 2. The van der Waals surface area contributed by atoms with Crippen molar-refractivity contribution in [3.63, 3.8) is 0 Å². The molecule has 1 amide bonds. The molecular formula is C20H21F2NO4. The maximum absolute atomic E-state index is 12.4. The van der Waals surface area contributed by atoms with Crippen LogP contribution in [0.1, 0.15) is 29.8 Å². The van der Waals surface area contributed by atoms with Crippen LogP contribution in [0.5, 0.6) is 5.75 Å². The fraction of sp³-hybridized carbons (Fsp3) is 0.300. The minimum absolute atomic E-state index is 0.0234. The van der Waals surface area contributed by atoms with Gasteiger partial charge in [-0.2, -0.15) is 8.78 Å². The summed E-state index contributed by atoms with van der Waals surface area (Å²) in [5, 5.41) is 2.68. The second kappa shape index (κ2) is 9.66. The molecule has 0 aromatic heterocycles. The van der Waals surface area contributed by atoms with E-state index in [2.05, 4.69) is 10.1 Å². The molecule has 1 atom stereocenters. The molecule has 0 aliphatic heterocycles. The molecule has 0 aliphatic rings. The summed E-state index contributed by atoms with van der Waals surface area (Å²) in [6.45, 7) is 0.660. The third-order valence-corrected chi connectivity index (χ3v) is 3.77. The van der Waals surface area contributed by atoms with Gasteiger partial charge in [-0.15, -0.1) is 0 Å². The van der Waals surface area contributed by atoms with Gasteiger partial charge in [-0.25, -0.2) is 4.79 Å². The topological polar surface area (TPSA) is 64.6 Å². The van der Waals surface area contributed by atoms with Crippen LogP contribution in [0, 0.1) is 5.92 Å². The van der Waals surface area contributed by atoms with Crippen LogP contribution >= 0.6 is 0 Å². The molecule has 2 rings (SSSR count). The van der Waals surface area contributed by atoms with Crippen LogP contribution in [-0.2, 0) is 16.1 Å². The fourth-order valence-corrected chi connectivity index (χ4v) is 2.32. The second-order valence-corrected chi connectivity index (χ2v) is 6.19. The van der Waals surface area contributed by atoms with Crippen molar-refractivity contribution in [2.24, 2.45) is 5.92 Å². The molecule has 2 aromatic carbocycles. The van der Waals surface area contributed by atoms with Gasteiger partial charge in [0, 0.05) is 5.56 Å². The Morgan fingerprint density at radius 1 is 1.00 bits per heavy atom. The number of nitrogens with one attached hydrogen (secondary N) is 1. The molecule has 0 unspecified atom stereocenters. The highest BCUT2D eigenvalue weighted by Crippen LogP contribution is 2.16. The van der Waals surface area contributed by atoms with E-state index in [0.29, 0.717) is 11.1 Å². The average Bonchev–Trinajstić information content (AvgIpc) is 2.65. The lowest BCUT2D eigenvalue weighted by Gasteiger charge is -2.21. The van der Waals surface area contributed by atoms with Crippen molar-refractivity contribution >= 4 is 11.9 Å². The van der Waals surface area contributed by atoms with Gasteiger partial charge in [-0.1, -0.05) is 44.2 Å². The molecule has 0 fully saturated rings. The Balaban J connectivity index is 1.93. The predicted octanol–water partition coefficient (Wildman–Crippen LogP) is 3.79. The molecule has 0 bridgehead atoms. The average molecular weight is 377 g/mol. The Labute approximate surface area is 156 Å². The van der Waals surface area contributed by atoms with Crippen LogP contribution in [0.25, 0.3) is 0 Å². The number of hydrogen-bond donors (Lipinski definition) is 1. The number of alkyl halides is 2. The maximum Gasteiger partial charge on any atom is 0.387 e. The van der Waals surface area contributed by atoms with Crippen LogP contribution in [-0.4, -0.2) is 24.5 Å². The highest BCUT2D eigenvalue weighted by atomic mass is 19.3. The van der Waals surface area contributed by atoms with E-state index >= 15 is 0 Å². The third kappa shape index (κ3) is 6.36. The standard InChI is InChI=1S/C20H21F2NO4/c1-13(2)17(23-18(24)15-6-4-3-5-7-15)19(25)26-12-14-8-10-16(11-9-14)27-20(21)22/h3-11,13,17,20H,12H2,1-2H3,(H,23,24)/t17-/m0/s1. The van der Waals surface area contributed by atoms with E-state index in [4.69, 9.17) is 4.74 Å². The quantitative estimate of drug-likeness (QED) is 0.711. The molecule has 5 nitrogen and oxygen atoms in total. The van der Waals surface area contributed by atoms with E-state index in [1.54, 1.807) is 44.2 Å². The molecule has 0 spiro atoms. The van der Waals surface area contributed by atoms with Gasteiger partial charge in [0.05, 0.1) is 0 Å². The van der Waals surface area contributed by atoms with Crippen LogP contribution in [0.4, 0.5) is 8.78 Å². The summed E-state index contributed by atoms with van der Waals surface area (Å²) >= 11 is 0. The molecule has 144 valence electrons. The van der Waals surface area contributed by atoms with Crippen molar-refractivity contribution in [1.29, 1.82) is 0 Å². The van der Waals surface area contributed by atoms with Crippen LogP contribution in [0.15, 0.2) is 54.6 Å². The van der Waals surface area contributed by atoms with Crippen molar-refractivity contribution in [2.75, 3.05) is 0 Å². The first-order valence-corrected chi connectivity index (χ1v) is 8.43. The molecule has 0 saturated carbocycles. The molecule has 0 saturated heterocycles. The molecule has 0 radical (unpaired) electrons. The summed E-state index contributed by atoms with van der Waals surface area (Å²) in [5.41, 5.74) is 1.06. The maximum atomic E-state index is 12.4. The first kappa shape index (κ1) is 20.4. The Kier molecular flexibility index (Phi) is 7.28. The number of esters is 1. The van der Waals surface area contributed by atoms with Gasteiger partial charge in [0.2, 0.25) is 0 Å². The zero-order valence-electron chi connectivity index (χ0n) is 15.0. The minimum Gasteiger partial charge on any atom is -0.459 e. The van der Waals surface area contributed by atoms with E-state index in [1.165, 1.54) is 24.3 Å². The van der Waals surface area contributed by atoms with Gasteiger partial charge < -0.3 is 14.8 Å². The second-order valence-electron chi connectivity index (χ2n) is 6.19. The summed E-state index contributed by atoms with van der Waals surface area (Å²) in [6.07, 6.45) is 0. The monoisotopic (exact) mass is 377 g/mol. The number of carbonyl (C=O) groups is 2. The number of benzene rings is 2. The largest absolute Gasteiger partial charge is 0.459 e. The predicted molar refractivity (Wildman–Crippen MR) is 95.4 cm³/mol. The molecule has 0 heterocycles. The summed E-state index contributed by atoms with van der Waals surface area (Å²) in [4.78, 5) is 24.6. The SMILES string of the molecule is CC(C)[C@H](NC(=O)c1ccccc1)C(=O)OCc1ccc(OC(F)F)cc1. The summed E-state index contributed by atoms with van der Waals surface area (Å²) < 4.78 is 33.8. The fourth-order valence-electron chi connectivity index (χ4n) is 2.32. The van der Waals surface area contributed by atoms with Crippen molar-refractivity contribution < 1.29 is 27.8 Å². The van der Waals surface area contributed by atoms with Crippen molar-refractivity contribution in [3.05, 3.63) is 65.7 Å². The van der Waals surface area contributed by atoms with E-state index < -0.39 is 18.6 Å². The van der Waals surface area contributed by atoms with Crippen molar-refractivity contribution in [3.8, 4) is 5.75 Å². The highest BCUT2D eigenvalue weighted by Gasteiger charge is 2.26. The molecule has 0 aliphatic carbocycles. The van der Waals surface area contributed by atoms with Gasteiger partial charge in [0.1, 0.15) is 18.4 Å². The molecule has 1 N–H and O–H groups in total. The van der Waals surface area contributed by atoms with Gasteiger partial charge in [0.15, 0.2) is 0 Å². The zero-order valence-corrected chi connectivity index (χ0v) is 15.0. The summed E-state index contributed by atoms with van der Waals surface area (Å²) in [6, 6.07) is 13.6. The third-order valence-electron chi connectivity index (χ3n) is 3.77. The number of halogens is 2.